The lowest BCUT2D eigenvalue weighted by molar-refractivity contribution is -0.114. The highest BCUT2D eigenvalue weighted by Crippen LogP contribution is 2.52. The highest BCUT2D eigenvalue weighted by Gasteiger charge is 2.42. The van der Waals surface area contributed by atoms with Crippen LogP contribution in [0.1, 0.15) is 53.6 Å². The minimum Gasteiger partial charge on any atom is -0.497 e. The van der Waals surface area contributed by atoms with Crippen LogP contribution >= 0.6 is 0 Å². The third-order valence-corrected chi connectivity index (χ3v) is 8.56. The van der Waals surface area contributed by atoms with Crippen LogP contribution in [0.3, 0.4) is 0 Å². The third-order valence-electron chi connectivity index (χ3n) is 8.56. The number of fused-ring (bicyclic) bond motifs is 4. The second-order valence-electron chi connectivity index (χ2n) is 10.9. The molecule has 0 bridgehead atoms. The van der Waals surface area contributed by atoms with Gasteiger partial charge in [0.2, 0.25) is 0 Å². The Morgan fingerprint density at radius 1 is 0.951 bits per heavy atom. The minimum absolute atomic E-state index is 0.165. The van der Waals surface area contributed by atoms with E-state index >= 15 is 0 Å². The van der Waals surface area contributed by atoms with Gasteiger partial charge < -0.3 is 14.7 Å². The molecule has 1 saturated carbocycles. The summed E-state index contributed by atoms with van der Waals surface area (Å²) in [6.45, 7) is 1.83. The monoisotopic (exact) mass is 543 g/mol. The van der Waals surface area contributed by atoms with E-state index in [4.69, 9.17) is 4.74 Å². The van der Waals surface area contributed by atoms with Gasteiger partial charge in [0.1, 0.15) is 5.75 Å². The van der Waals surface area contributed by atoms with Crippen molar-refractivity contribution in [3.8, 4) is 5.75 Å². The number of rotatable bonds is 5. The number of nitrogens with zero attached hydrogens (tertiary/aromatic N) is 3. The topological polar surface area (TPSA) is 82.4 Å². The Morgan fingerprint density at radius 3 is 2.49 bits per heavy atom. The SMILES string of the molecule is COc1ccc2cc(N3c4ccc(/C=C5\C(=O)N(c6ccc(C(=O)O)cc6)N=C5C)cc4C4CCCC43)ccc2c1. The first-order valence-corrected chi connectivity index (χ1v) is 13.9. The number of ether oxygens (including phenoxy) is 1. The zero-order valence-electron chi connectivity index (χ0n) is 22.9. The first-order chi connectivity index (χ1) is 19.9. The van der Waals surface area contributed by atoms with Crippen molar-refractivity contribution in [2.75, 3.05) is 17.0 Å². The Bertz CT molecular complexity index is 1790. The van der Waals surface area contributed by atoms with Crippen molar-refractivity contribution in [2.45, 2.75) is 38.1 Å². The lowest BCUT2D eigenvalue weighted by Gasteiger charge is -2.27. The number of carbonyl (C=O) groups is 2. The summed E-state index contributed by atoms with van der Waals surface area (Å²) in [4.78, 5) is 27.1. The van der Waals surface area contributed by atoms with Crippen molar-refractivity contribution in [3.05, 3.63) is 101 Å². The number of hydrogen-bond donors (Lipinski definition) is 1. The van der Waals surface area contributed by atoms with Gasteiger partial charge in [-0.25, -0.2) is 4.79 Å². The van der Waals surface area contributed by atoms with Crippen LogP contribution in [0.5, 0.6) is 5.75 Å². The zero-order valence-corrected chi connectivity index (χ0v) is 22.9. The average Bonchev–Trinajstić information content (AvgIpc) is 3.66. The van der Waals surface area contributed by atoms with Crippen LogP contribution in [0.15, 0.2) is 89.5 Å². The van der Waals surface area contributed by atoms with E-state index in [-0.39, 0.29) is 11.5 Å². The molecule has 1 amide bonds. The van der Waals surface area contributed by atoms with Crippen molar-refractivity contribution in [1.82, 2.24) is 0 Å². The van der Waals surface area contributed by atoms with E-state index in [2.05, 4.69) is 58.5 Å². The van der Waals surface area contributed by atoms with Crippen molar-refractivity contribution in [3.63, 3.8) is 0 Å². The quantitative estimate of drug-likeness (QED) is 0.271. The lowest BCUT2D eigenvalue weighted by Crippen LogP contribution is -2.26. The van der Waals surface area contributed by atoms with Gasteiger partial charge in [-0.3, -0.25) is 4.79 Å². The molecule has 7 nitrogen and oxygen atoms in total. The number of anilines is 3. The van der Waals surface area contributed by atoms with E-state index in [1.807, 2.05) is 19.1 Å². The summed E-state index contributed by atoms with van der Waals surface area (Å²) < 4.78 is 5.40. The maximum Gasteiger partial charge on any atom is 0.335 e. The maximum atomic E-state index is 13.4. The second-order valence-corrected chi connectivity index (χ2v) is 10.9. The largest absolute Gasteiger partial charge is 0.497 e. The lowest BCUT2D eigenvalue weighted by atomic mass is 9.95. The Balaban J connectivity index is 1.21. The van der Waals surface area contributed by atoms with Crippen molar-refractivity contribution in [2.24, 2.45) is 5.10 Å². The summed E-state index contributed by atoms with van der Waals surface area (Å²) in [5, 5.41) is 17.3. The van der Waals surface area contributed by atoms with Crippen molar-refractivity contribution >= 4 is 51.5 Å². The van der Waals surface area contributed by atoms with Gasteiger partial charge in [0, 0.05) is 23.3 Å². The van der Waals surface area contributed by atoms with Gasteiger partial charge in [0.15, 0.2) is 0 Å². The van der Waals surface area contributed by atoms with Gasteiger partial charge in [0.25, 0.3) is 5.91 Å². The molecule has 2 atom stereocenters. The highest BCUT2D eigenvalue weighted by molar-refractivity contribution is 6.32. The van der Waals surface area contributed by atoms with Crippen LogP contribution in [0.4, 0.5) is 17.1 Å². The van der Waals surface area contributed by atoms with Crippen LogP contribution in [0.2, 0.25) is 0 Å². The predicted molar refractivity (Wildman–Crippen MR) is 161 cm³/mol. The summed E-state index contributed by atoms with van der Waals surface area (Å²) in [7, 11) is 1.69. The average molecular weight is 544 g/mol. The molecule has 2 aliphatic heterocycles. The first kappa shape index (κ1) is 25.1. The van der Waals surface area contributed by atoms with Crippen LogP contribution in [0.25, 0.3) is 16.8 Å². The van der Waals surface area contributed by atoms with Crippen LogP contribution < -0.4 is 14.6 Å². The number of benzene rings is 4. The van der Waals surface area contributed by atoms with Gasteiger partial charge in [-0.2, -0.15) is 10.1 Å². The Hall–Kier alpha value is -4.91. The molecule has 0 spiro atoms. The molecular weight excluding hydrogens is 514 g/mol. The Labute approximate surface area is 238 Å². The fourth-order valence-corrected chi connectivity index (χ4v) is 6.56. The molecule has 4 aromatic carbocycles. The normalized spacial score (nSPS) is 20.5. The molecule has 41 heavy (non-hydrogen) atoms. The predicted octanol–water partition coefficient (Wildman–Crippen LogP) is 7.14. The molecule has 0 aromatic heterocycles. The Kier molecular flexibility index (Phi) is 5.89. The number of carbonyl (C=O) groups excluding carboxylic acids is 1. The molecule has 1 aliphatic carbocycles. The number of methoxy groups -OCH3 is 1. The molecule has 7 heteroatoms. The van der Waals surface area contributed by atoms with Crippen LogP contribution in [0, 0.1) is 0 Å². The molecule has 4 aromatic rings. The number of hydrazone groups is 1. The summed E-state index contributed by atoms with van der Waals surface area (Å²) in [5.74, 6) is 0.0764. The first-order valence-electron chi connectivity index (χ1n) is 13.9. The van der Waals surface area contributed by atoms with Crippen molar-refractivity contribution < 1.29 is 19.4 Å². The van der Waals surface area contributed by atoms with Gasteiger partial charge in [-0.1, -0.05) is 24.6 Å². The minimum atomic E-state index is -1.01. The number of carboxylic acids is 1. The molecule has 2 heterocycles. The Morgan fingerprint density at radius 2 is 1.71 bits per heavy atom. The summed E-state index contributed by atoms with van der Waals surface area (Å²) in [5.41, 5.74) is 6.61. The molecule has 1 fully saturated rings. The van der Waals surface area contributed by atoms with E-state index in [0.29, 0.717) is 28.9 Å². The van der Waals surface area contributed by atoms with Gasteiger partial charge in [0.05, 0.1) is 29.6 Å². The van der Waals surface area contributed by atoms with Crippen LogP contribution in [-0.2, 0) is 4.79 Å². The number of carboxylic acid groups (broad SMARTS) is 1. The van der Waals surface area contributed by atoms with E-state index in [1.165, 1.54) is 45.9 Å². The van der Waals surface area contributed by atoms with Gasteiger partial charge in [-0.15, -0.1) is 0 Å². The highest BCUT2D eigenvalue weighted by atomic mass is 16.5. The van der Waals surface area contributed by atoms with Gasteiger partial charge in [-0.05, 0) is 108 Å². The molecular formula is C34H29N3O4. The third kappa shape index (κ3) is 4.16. The number of aromatic carboxylic acids is 1. The zero-order chi connectivity index (χ0) is 28.2. The summed E-state index contributed by atoms with van der Waals surface area (Å²) >= 11 is 0. The van der Waals surface area contributed by atoms with E-state index in [9.17, 15) is 14.7 Å². The fraction of sp³-hybridized carbons (Fsp3) is 0.206. The molecule has 3 aliphatic rings. The summed E-state index contributed by atoms with van der Waals surface area (Å²) in [6, 6.07) is 25.9. The van der Waals surface area contributed by atoms with Crippen molar-refractivity contribution in [1.29, 1.82) is 0 Å². The van der Waals surface area contributed by atoms with E-state index in [1.54, 1.807) is 19.2 Å². The van der Waals surface area contributed by atoms with Gasteiger partial charge >= 0.3 is 5.97 Å². The van der Waals surface area contributed by atoms with E-state index < -0.39 is 5.97 Å². The molecule has 0 radical (unpaired) electrons. The molecule has 2 unspecified atom stereocenters. The number of amides is 1. The smallest absolute Gasteiger partial charge is 0.335 e. The summed E-state index contributed by atoms with van der Waals surface area (Å²) in [6.07, 6.45) is 5.42. The molecule has 1 N–H and O–H groups in total. The fourth-order valence-electron chi connectivity index (χ4n) is 6.56. The molecule has 7 rings (SSSR count). The standard InChI is InChI=1S/C34H29N3O4/c1-20-29(33(38)37(35-20)25-11-7-22(8-12-25)34(39)40)16-21-6-15-32-30(17-21)28-4-3-5-31(28)36(32)26-13-9-24-19-27(41-2)14-10-23(24)18-26/h6-19,28,31H,3-5H2,1-2H3,(H,39,40)/b29-16-. The molecule has 204 valence electrons. The number of hydrogen-bond acceptors (Lipinski definition) is 5. The van der Waals surface area contributed by atoms with E-state index in [0.717, 1.165) is 29.5 Å². The van der Waals surface area contributed by atoms with Crippen LogP contribution in [-0.4, -0.2) is 35.8 Å². The second kappa shape index (κ2) is 9.63. The maximum absolute atomic E-state index is 13.4. The molecule has 0 saturated heterocycles.